The third-order valence-electron chi connectivity index (χ3n) is 5.67. The van der Waals surface area contributed by atoms with Gasteiger partial charge in [0.2, 0.25) is 5.91 Å². The van der Waals surface area contributed by atoms with E-state index in [0.717, 1.165) is 5.56 Å². The second-order valence-electron chi connectivity index (χ2n) is 8.90. The Morgan fingerprint density at radius 1 is 0.917 bits per heavy atom. The van der Waals surface area contributed by atoms with Gasteiger partial charge < -0.3 is 19.7 Å². The molecule has 3 rings (SSSR count). The molecule has 0 radical (unpaired) electrons. The molecule has 0 unspecified atom stereocenters. The van der Waals surface area contributed by atoms with Gasteiger partial charge in [-0.05, 0) is 29.7 Å². The first-order chi connectivity index (χ1) is 17.4. The summed E-state index contributed by atoms with van der Waals surface area (Å²) in [7, 11) is 1.52. The highest BCUT2D eigenvalue weighted by atomic mass is 19.1. The Labute approximate surface area is 212 Å². The largest absolute Gasteiger partial charge is 0.493 e. The van der Waals surface area contributed by atoms with Crippen LogP contribution >= 0.6 is 0 Å². The van der Waals surface area contributed by atoms with Gasteiger partial charge in [-0.15, -0.1) is 0 Å². The van der Waals surface area contributed by atoms with Crippen LogP contribution in [0.1, 0.15) is 25.0 Å². The lowest BCUT2D eigenvalue weighted by Crippen LogP contribution is -2.52. The van der Waals surface area contributed by atoms with Crippen molar-refractivity contribution in [3.63, 3.8) is 0 Å². The van der Waals surface area contributed by atoms with Crippen molar-refractivity contribution in [2.75, 3.05) is 20.3 Å². The van der Waals surface area contributed by atoms with Crippen LogP contribution in [0.15, 0.2) is 78.9 Å². The molecule has 0 saturated carbocycles. The molecule has 0 heterocycles. The summed E-state index contributed by atoms with van der Waals surface area (Å²) >= 11 is 0. The molecule has 6 nitrogen and oxygen atoms in total. The number of carbonyl (C=O) groups is 2. The van der Waals surface area contributed by atoms with Gasteiger partial charge in [-0.1, -0.05) is 74.5 Å². The second-order valence-corrected chi connectivity index (χ2v) is 8.90. The van der Waals surface area contributed by atoms with E-state index in [-0.39, 0.29) is 31.4 Å². The fourth-order valence-electron chi connectivity index (χ4n) is 3.75. The molecule has 0 aliphatic carbocycles. The Bertz CT molecular complexity index is 1140. The molecule has 0 fully saturated rings. The van der Waals surface area contributed by atoms with Crippen molar-refractivity contribution in [1.82, 2.24) is 10.2 Å². The molecule has 3 aromatic carbocycles. The molecule has 0 aliphatic rings. The van der Waals surface area contributed by atoms with Crippen molar-refractivity contribution in [1.29, 1.82) is 0 Å². The van der Waals surface area contributed by atoms with E-state index in [1.807, 2.05) is 44.2 Å². The van der Waals surface area contributed by atoms with Crippen LogP contribution in [0.4, 0.5) is 4.39 Å². The summed E-state index contributed by atoms with van der Waals surface area (Å²) in [6.07, 6.45) is 0.277. The Kier molecular flexibility index (Phi) is 9.86. The molecule has 0 bridgehead atoms. The minimum atomic E-state index is -0.862. The fraction of sp³-hybridized carbons (Fsp3) is 0.310. The van der Waals surface area contributed by atoms with Gasteiger partial charge >= 0.3 is 0 Å². The van der Waals surface area contributed by atoms with Crippen molar-refractivity contribution >= 4 is 11.8 Å². The van der Waals surface area contributed by atoms with Crippen LogP contribution in [-0.4, -0.2) is 43.0 Å². The van der Waals surface area contributed by atoms with Crippen LogP contribution in [0, 0.1) is 11.7 Å². The topological polar surface area (TPSA) is 67.9 Å². The lowest BCUT2D eigenvalue weighted by molar-refractivity contribution is -0.142. The van der Waals surface area contributed by atoms with Gasteiger partial charge in [0, 0.05) is 25.1 Å². The average Bonchev–Trinajstić information content (AvgIpc) is 2.89. The highest BCUT2D eigenvalue weighted by Gasteiger charge is 2.31. The Morgan fingerprint density at radius 3 is 2.22 bits per heavy atom. The molecular formula is C29H33FN2O4. The minimum absolute atomic E-state index is 0.0760. The van der Waals surface area contributed by atoms with E-state index in [1.54, 1.807) is 42.5 Å². The molecule has 0 spiro atoms. The van der Waals surface area contributed by atoms with E-state index in [0.29, 0.717) is 23.6 Å². The summed E-state index contributed by atoms with van der Waals surface area (Å²) in [6.45, 7) is 4.04. The quantitative estimate of drug-likeness (QED) is 0.401. The standard InChI is InChI=1S/C29H33FN2O4/c1-21(2)18-31-29(34)25(17-22-11-5-4-6-12-22)32(19-23-13-7-8-14-24(23)30)28(33)20-36-27-16-10-9-15-26(27)35-3/h4-16,21,25H,17-20H2,1-3H3,(H,31,34)/t25-/m1/s1. The molecule has 0 aliphatic heterocycles. The number of amides is 2. The lowest BCUT2D eigenvalue weighted by atomic mass is 10.0. The zero-order valence-corrected chi connectivity index (χ0v) is 20.9. The summed E-state index contributed by atoms with van der Waals surface area (Å²) in [5.74, 6) is -0.0539. The number of hydrogen-bond acceptors (Lipinski definition) is 4. The van der Waals surface area contributed by atoms with Crippen molar-refractivity contribution in [3.8, 4) is 11.5 Å². The number of carbonyl (C=O) groups excluding carboxylic acids is 2. The van der Waals surface area contributed by atoms with Crippen LogP contribution in [-0.2, 0) is 22.6 Å². The number of methoxy groups -OCH3 is 1. The lowest BCUT2D eigenvalue weighted by Gasteiger charge is -2.32. The van der Waals surface area contributed by atoms with E-state index in [4.69, 9.17) is 9.47 Å². The third kappa shape index (κ3) is 7.57. The fourth-order valence-corrected chi connectivity index (χ4v) is 3.75. The van der Waals surface area contributed by atoms with Crippen molar-refractivity contribution < 1.29 is 23.5 Å². The van der Waals surface area contributed by atoms with Gasteiger partial charge in [0.25, 0.3) is 5.91 Å². The third-order valence-corrected chi connectivity index (χ3v) is 5.67. The Balaban J connectivity index is 1.92. The van der Waals surface area contributed by atoms with Crippen LogP contribution in [0.25, 0.3) is 0 Å². The van der Waals surface area contributed by atoms with Gasteiger partial charge in [-0.2, -0.15) is 0 Å². The molecule has 1 atom stereocenters. The molecule has 190 valence electrons. The predicted octanol–water partition coefficient (Wildman–Crippen LogP) is 4.63. The smallest absolute Gasteiger partial charge is 0.261 e. The molecule has 3 aromatic rings. The zero-order valence-electron chi connectivity index (χ0n) is 20.9. The van der Waals surface area contributed by atoms with Crippen LogP contribution in [0.2, 0.25) is 0 Å². The van der Waals surface area contributed by atoms with Gasteiger partial charge in [0.05, 0.1) is 7.11 Å². The summed E-state index contributed by atoms with van der Waals surface area (Å²) < 4.78 is 25.7. The first-order valence-corrected chi connectivity index (χ1v) is 12.0. The average molecular weight is 493 g/mol. The van der Waals surface area contributed by atoms with E-state index in [9.17, 15) is 14.0 Å². The van der Waals surface area contributed by atoms with Crippen LogP contribution in [0.5, 0.6) is 11.5 Å². The predicted molar refractivity (Wildman–Crippen MR) is 137 cm³/mol. The number of ether oxygens (including phenoxy) is 2. The van der Waals surface area contributed by atoms with E-state index in [1.165, 1.54) is 18.1 Å². The molecule has 36 heavy (non-hydrogen) atoms. The first-order valence-electron chi connectivity index (χ1n) is 12.0. The maximum Gasteiger partial charge on any atom is 0.261 e. The van der Waals surface area contributed by atoms with Crippen molar-refractivity contribution in [3.05, 3.63) is 95.8 Å². The van der Waals surface area contributed by atoms with E-state index < -0.39 is 17.8 Å². The Hall–Kier alpha value is -3.87. The van der Waals surface area contributed by atoms with Crippen molar-refractivity contribution in [2.24, 2.45) is 5.92 Å². The highest BCUT2D eigenvalue weighted by molar-refractivity contribution is 5.88. The Morgan fingerprint density at radius 2 is 1.56 bits per heavy atom. The van der Waals surface area contributed by atoms with Gasteiger partial charge in [0.15, 0.2) is 18.1 Å². The molecule has 0 saturated heterocycles. The molecule has 0 aromatic heterocycles. The maximum atomic E-state index is 14.6. The maximum absolute atomic E-state index is 14.6. The van der Waals surface area contributed by atoms with Crippen molar-refractivity contribution in [2.45, 2.75) is 32.9 Å². The number of rotatable bonds is 12. The van der Waals surface area contributed by atoms with Crippen LogP contribution < -0.4 is 14.8 Å². The number of para-hydroxylation sites is 2. The highest BCUT2D eigenvalue weighted by Crippen LogP contribution is 2.26. The number of nitrogens with zero attached hydrogens (tertiary/aromatic N) is 1. The summed E-state index contributed by atoms with van der Waals surface area (Å²) in [5, 5.41) is 2.94. The molecule has 2 amide bonds. The van der Waals surface area contributed by atoms with Gasteiger partial charge in [-0.3, -0.25) is 9.59 Å². The van der Waals surface area contributed by atoms with Gasteiger partial charge in [0.1, 0.15) is 11.9 Å². The number of nitrogens with one attached hydrogen (secondary N) is 1. The normalized spacial score (nSPS) is 11.6. The van der Waals surface area contributed by atoms with Crippen LogP contribution in [0.3, 0.4) is 0 Å². The summed E-state index contributed by atoms with van der Waals surface area (Å²) in [6, 6.07) is 21.8. The SMILES string of the molecule is COc1ccccc1OCC(=O)N(Cc1ccccc1F)[C@H](Cc1ccccc1)C(=O)NCC(C)C. The molecule has 1 N–H and O–H groups in total. The summed E-state index contributed by atoms with van der Waals surface area (Å²) in [5.41, 5.74) is 1.21. The number of benzene rings is 3. The minimum Gasteiger partial charge on any atom is -0.493 e. The van der Waals surface area contributed by atoms with E-state index >= 15 is 0 Å². The molecular weight excluding hydrogens is 459 g/mol. The first kappa shape index (κ1) is 26.7. The monoisotopic (exact) mass is 492 g/mol. The zero-order chi connectivity index (χ0) is 25.9. The second kappa shape index (κ2) is 13.3. The number of hydrogen-bond donors (Lipinski definition) is 1. The number of halogens is 1. The summed E-state index contributed by atoms with van der Waals surface area (Å²) in [4.78, 5) is 28.4. The van der Waals surface area contributed by atoms with E-state index in [2.05, 4.69) is 5.32 Å². The molecule has 7 heteroatoms. The van der Waals surface area contributed by atoms with Gasteiger partial charge in [-0.25, -0.2) is 4.39 Å².